The zero-order chi connectivity index (χ0) is 21.3. The summed E-state index contributed by atoms with van der Waals surface area (Å²) >= 11 is 0. The molecular weight excluding hydrogens is 392 g/mol. The Morgan fingerprint density at radius 3 is 2.94 bits per heavy atom. The molecule has 8 heteroatoms. The molecule has 2 aromatic rings. The van der Waals surface area contributed by atoms with Crippen molar-refractivity contribution >= 4 is 11.6 Å². The average Bonchev–Trinajstić information content (AvgIpc) is 3.25. The third-order valence-corrected chi connectivity index (χ3v) is 7.81. The van der Waals surface area contributed by atoms with E-state index in [-0.39, 0.29) is 11.3 Å². The largest absolute Gasteiger partial charge is 0.379 e. The highest BCUT2D eigenvalue weighted by Crippen LogP contribution is 2.47. The van der Waals surface area contributed by atoms with Crippen LogP contribution in [-0.2, 0) is 16.1 Å². The molecule has 8 nitrogen and oxygen atoms in total. The molecule has 3 fully saturated rings. The summed E-state index contributed by atoms with van der Waals surface area (Å²) in [5, 5.41) is 11.8. The first-order chi connectivity index (χ1) is 15.2. The summed E-state index contributed by atoms with van der Waals surface area (Å²) in [5.74, 6) is 1.41. The summed E-state index contributed by atoms with van der Waals surface area (Å²) in [6.45, 7) is 9.31. The Hall–Kier alpha value is -2.03. The lowest BCUT2D eigenvalue weighted by Gasteiger charge is -2.53. The van der Waals surface area contributed by atoms with Gasteiger partial charge in [-0.2, -0.15) is 0 Å². The topological polar surface area (TPSA) is 75.0 Å². The number of carbonyl (C=O) groups is 1. The Morgan fingerprint density at radius 2 is 2.10 bits per heavy atom. The molecule has 2 aromatic heterocycles. The van der Waals surface area contributed by atoms with Crippen molar-refractivity contribution in [3.8, 4) is 0 Å². The molecule has 1 saturated carbocycles. The van der Waals surface area contributed by atoms with Gasteiger partial charge in [-0.25, -0.2) is 0 Å². The summed E-state index contributed by atoms with van der Waals surface area (Å²) in [7, 11) is 0. The van der Waals surface area contributed by atoms with E-state index in [0.717, 1.165) is 83.1 Å². The number of piperidine rings is 1. The van der Waals surface area contributed by atoms with Gasteiger partial charge in [0, 0.05) is 31.9 Å². The number of hydrogen-bond donors (Lipinski definition) is 1. The second-order valence-corrected chi connectivity index (χ2v) is 9.31. The molecule has 3 aliphatic rings. The minimum absolute atomic E-state index is 0.198. The van der Waals surface area contributed by atoms with Crippen LogP contribution in [0.15, 0.2) is 24.4 Å². The number of ether oxygens (including phenoxy) is 1. The molecule has 1 N–H and O–H groups in total. The Kier molecular flexibility index (Phi) is 5.95. The van der Waals surface area contributed by atoms with Gasteiger partial charge < -0.3 is 15.0 Å². The number of morpholine rings is 1. The zero-order valence-corrected chi connectivity index (χ0v) is 18.5. The van der Waals surface area contributed by atoms with Crippen LogP contribution in [0.5, 0.6) is 0 Å². The van der Waals surface area contributed by atoms with Crippen molar-refractivity contribution in [2.24, 2.45) is 11.3 Å². The van der Waals surface area contributed by atoms with Crippen LogP contribution >= 0.6 is 0 Å². The van der Waals surface area contributed by atoms with Crippen LogP contribution in [0.25, 0.3) is 5.65 Å². The lowest BCUT2D eigenvalue weighted by molar-refractivity contribution is -0.145. The van der Waals surface area contributed by atoms with Gasteiger partial charge in [-0.3, -0.25) is 14.1 Å². The first-order valence-electron chi connectivity index (χ1n) is 11.8. The fourth-order valence-electron chi connectivity index (χ4n) is 5.98. The number of amides is 1. The maximum absolute atomic E-state index is 13.7. The summed E-state index contributed by atoms with van der Waals surface area (Å²) < 4.78 is 7.50. The fraction of sp³-hybridized carbons (Fsp3) is 0.696. The van der Waals surface area contributed by atoms with Gasteiger partial charge in [-0.1, -0.05) is 13.0 Å². The molecule has 2 saturated heterocycles. The van der Waals surface area contributed by atoms with E-state index in [1.54, 1.807) is 0 Å². The summed E-state index contributed by atoms with van der Waals surface area (Å²) in [6, 6.07) is 6.43. The van der Waals surface area contributed by atoms with Gasteiger partial charge in [0.1, 0.15) is 0 Å². The van der Waals surface area contributed by atoms with Crippen LogP contribution in [0.3, 0.4) is 0 Å². The van der Waals surface area contributed by atoms with Crippen LogP contribution in [0.4, 0.5) is 0 Å². The number of rotatable bonds is 5. The molecule has 1 unspecified atom stereocenters. The molecule has 1 amide bonds. The van der Waals surface area contributed by atoms with E-state index in [1.807, 2.05) is 28.8 Å². The summed E-state index contributed by atoms with van der Waals surface area (Å²) in [4.78, 5) is 18.8. The molecule has 3 atom stereocenters. The van der Waals surface area contributed by atoms with Crippen LogP contribution in [-0.4, -0.2) is 82.3 Å². The molecule has 0 spiro atoms. The van der Waals surface area contributed by atoms with Crippen molar-refractivity contribution in [1.82, 2.24) is 29.7 Å². The number of nitrogens with one attached hydrogen (secondary N) is 1. The summed E-state index contributed by atoms with van der Waals surface area (Å²) in [6.07, 6.45) is 6.23. The van der Waals surface area contributed by atoms with E-state index >= 15 is 0 Å². The molecule has 0 radical (unpaired) electrons. The number of pyridine rings is 1. The van der Waals surface area contributed by atoms with Gasteiger partial charge in [0.05, 0.1) is 25.2 Å². The Labute approximate surface area is 183 Å². The molecule has 4 heterocycles. The average molecular weight is 427 g/mol. The highest BCUT2D eigenvalue weighted by atomic mass is 16.5. The number of hydrogen-bond acceptors (Lipinski definition) is 6. The zero-order valence-electron chi connectivity index (χ0n) is 18.5. The molecule has 5 rings (SSSR count). The van der Waals surface area contributed by atoms with E-state index in [9.17, 15) is 4.79 Å². The van der Waals surface area contributed by atoms with E-state index < -0.39 is 0 Å². The second kappa shape index (κ2) is 8.84. The Bertz CT molecular complexity index is 910. The van der Waals surface area contributed by atoms with Crippen molar-refractivity contribution < 1.29 is 9.53 Å². The normalized spacial score (nSPS) is 30.2. The monoisotopic (exact) mass is 426 g/mol. The highest BCUT2D eigenvalue weighted by molar-refractivity contribution is 5.83. The molecule has 0 aromatic carbocycles. The minimum Gasteiger partial charge on any atom is -0.379 e. The number of aromatic nitrogens is 3. The van der Waals surface area contributed by atoms with Crippen molar-refractivity contribution in [2.75, 3.05) is 45.9 Å². The molecule has 1 aliphatic carbocycles. The van der Waals surface area contributed by atoms with E-state index in [1.165, 1.54) is 0 Å². The second-order valence-electron chi connectivity index (χ2n) is 9.31. The number of likely N-dealkylation sites (tertiary alicyclic amines) is 1. The third kappa shape index (κ3) is 3.97. The van der Waals surface area contributed by atoms with Crippen molar-refractivity contribution in [3.63, 3.8) is 0 Å². The molecule has 31 heavy (non-hydrogen) atoms. The predicted molar refractivity (Wildman–Crippen MR) is 118 cm³/mol. The molecule has 2 aliphatic heterocycles. The first kappa shape index (κ1) is 20.8. The number of fused-ring (bicyclic) bond motifs is 2. The summed E-state index contributed by atoms with van der Waals surface area (Å²) in [5.41, 5.74) is 0.515. The lowest BCUT2D eigenvalue weighted by Crippen LogP contribution is -2.60. The molecule has 0 bridgehead atoms. The maximum atomic E-state index is 13.7. The van der Waals surface area contributed by atoms with Crippen molar-refractivity contribution in [2.45, 2.75) is 45.2 Å². The quantitative estimate of drug-likeness (QED) is 0.782. The van der Waals surface area contributed by atoms with E-state index in [2.05, 4.69) is 32.2 Å². The number of nitrogens with zero attached hydrogens (tertiary/aromatic N) is 5. The van der Waals surface area contributed by atoms with Crippen LogP contribution in [0.2, 0.25) is 0 Å². The van der Waals surface area contributed by atoms with Gasteiger partial charge in [0.2, 0.25) is 5.91 Å². The molecular formula is C23H34N6O2. The molecule has 168 valence electrons. The van der Waals surface area contributed by atoms with Crippen LogP contribution in [0.1, 0.15) is 38.4 Å². The minimum atomic E-state index is -0.294. The third-order valence-electron chi connectivity index (χ3n) is 7.81. The smallest absolute Gasteiger partial charge is 0.228 e. The Balaban J connectivity index is 1.31. The van der Waals surface area contributed by atoms with Crippen LogP contribution < -0.4 is 5.32 Å². The fourth-order valence-corrected chi connectivity index (χ4v) is 5.98. The van der Waals surface area contributed by atoms with Gasteiger partial charge in [-0.05, 0) is 56.8 Å². The number of carbonyl (C=O) groups excluding carboxylic acids is 1. The van der Waals surface area contributed by atoms with Crippen molar-refractivity contribution in [1.29, 1.82) is 0 Å². The van der Waals surface area contributed by atoms with Gasteiger partial charge in [-0.15, -0.1) is 10.2 Å². The van der Waals surface area contributed by atoms with Crippen LogP contribution in [0, 0.1) is 11.3 Å². The highest BCUT2D eigenvalue weighted by Gasteiger charge is 2.52. The van der Waals surface area contributed by atoms with E-state index in [0.29, 0.717) is 18.5 Å². The first-order valence-corrected chi connectivity index (χ1v) is 11.8. The van der Waals surface area contributed by atoms with Crippen molar-refractivity contribution in [3.05, 3.63) is 30.2 Å². The lowest BCUT2D eigenvalue weighted by atomic mass is 9.61. The van der Waals surface area contributed by atoms with Gasteiger partial charge in [0.25, 0.3) is 0 Å². The Morgan fingerprint density at radius 1 is 1.23 bits per heavy atom. The van der Waals surface area contributed by atoms with Gasteiger partial charge in [0.15, 0.2) is 11.5 Å². The van der Waals surface area contributed by atoms with E-state index in [4.69, 9.17) is 4.74 Å². The standard InChI is InChI=1S/C23H34N6O2/c1-2-27-10-7-18-15-19(28-11-13-31-14-12-28)6-8-23(18,17-27)22(30)24-16-21-26-25-20-5-3-4-9-29(20)21/h3-5,9,18-19H,2,6-8,10-17H2,1H3,(H,24,30)/t18-,19?,23-/m1/s1. The predicted octanol–water partition coefficient (Wildman–Crippen LogP) is 1.56. The van der Waals surface area contributed by atoms with Gasteiger partial charge >= 0.3 is 0 Å². The maximum Gasteiger partial charge on any atom is 0.228 e. The SMILES string of the molecule is CCN1CC[C@@H]2CC(N3CCOCC3)CC[C@@]2(C(=O)NCc2nnc3ccccn23)C1.